The van der Waals surface area contributed by atoms with Gasteiger partial charge in [-0.2, -0.15) is 0 Å². The molecule has 144 valence electrons. The third kappa shape index (κ3) is 3.81. The fourth-order valence-electron chi connectivity index (χ4n) is 3.67. The van der Waals surface area contributed by atoms with Crippen LogP contribution in [0.15, 0.2) is 42.9 Å². The molecule has 1 aliphatic rings. The first kappa shape index (κ1) is 18.3. The van der Waals surface area contributed by atoms with Gasteiger partial charge >= 0.3 is 0 Å². The quantitative estimate of drug-likeness (QED) is 0.691. The van der Waals surface area contributed by atoms with Crippen molar-refractivity contribution in [1.29, 1.82) is 0 Å². The number of aryl methyl sites for hydroxylation is 2. The molecule has 0 fully saturated rings. The summed E-state index contributed by atoms with van der Waals surface area (Å²) in [4.78, 5) is 26.1. The molecular weight excluding hydrogens is 350 g/mol. The fourth-order valence-corrected chi connectivity index (χ4v) is 3.67. The topological polar surface area (TPSA) is 79.8 Å². The number of benzene rings is 1. The van der Waals surface area contributed by atoms with Crippen LogP contribution in [0.5, 0.6) is 0 Å². The zero-order valence-corrected chi connectivity index (χ0v) is 16.3. The van der Waals surface area contributed by atoms with Gasteiger partial charge in [0.1, 0.15) is 18.2 Å². The van der Waals surface area contributed by atoms with Gasteiger partial charge in [0.2, 0.25) is 5.91 Å². The van der Waals surface area contributed by atoms with Gasteiger partial charge in [0, 0.05) is 23.8 Å². The van der Waals surface area contributed by atoms with Crippen LogP contribution in [0.2, 0.25) is 0 Å². The molecule has 2 heterocycles. The van der Waals surface area contributed by atoms with Crippen LogP contribution in [0, 0.1) is 5.92 Å². The molecule has 0 radical (unpaired) electrons. The second kappa shape index (κ2) is 7.92. The number of nitrogens with one attached hydrogen (secondary N) is 2. The van der Waals surface area contributed by atoms with E-state index >= 15 is 0 Å². The van der Waals surface area contributed by atoms with Crippen molar-refractivity contribution in [3.8, 4) is 0 Å². The Labute approximate surface area is 164 Å². The number of nitrogens with zero attached hydrogens (tertiary/aromatic N) is 3. The largest absolute Gasteiger partial charge is 0.358 e. The maximum Gasteiger partial charge on any atom is 0.243 e. The molecule has 1 aliphatic carbocycles. The summed E-state index contributed by atoms with van der Waals surface area (Å²) in [7, 11) is 0. The maximum absolute atomic E-state index is 12.9. The third-order valence-electron chi connectivity index (χ3n) is 5.23. The minimum atomic E-state index is -0.388. The number of hydrogen-bond acceptors (Lipinski definition) is 5. The lowest BCUT2D eigenvalue weighted by atomic mass is 10.0. The molecule has 6 heteroatoms. The molecule has 0 unspecified atom stereocenters. The van der Waals surface area contributed by atoms with Crippen molar-refractivity contribution in [2.45, 2.75) is 45.7 Å². The monoisotopic (exact) mass is 375 g/mol. The molecule has 1 atom stereocenters. The Kier molecular flexibility index (Phi) is 5.19. The summed E-state index contributed by atoms with van der Waals surface area (Å²) < 4.78 is 0. The summed E-state index contributed by atoms with van der Waals surface area (Å²) in [6.45, 7) is 4.53. The third-order valence-corrected chi connectivity index (χ3v) is 5.23. The van der Waals surface area contributed by atoms with E-state index in [-0.39, 0.29) is 17.9 Å². The molecular formula is C22H25N5O. The Morgan fingerprint density at radius 3 is 2.86 bits per heavy atom. The maximum atomic E-state index is 12.9. The van der Waals surface area contributed by atoms with Crippen LogP contribution < -0.4 is 10.6 Å². The van der Waals surface area contributed by atoms with E-state index in [4.69, 9.17) is 0 Å². The average molecular weight is 375 g/mol. The number of aromatic nitrogens is 3. The van der Waals surface area contributed by atoms with Crippen molar-refractivity contribution in [2.75, 3.05) is 5.32 Å². The van der Waals surface area contributed by atoms with Crippen molar-refractivity contribution in [1.82, 2.24) is 20.3 Å². The smallest absolute Gasteiger partial charge is 0.243 e. The van der Waals surface area contributed by atoms with Crippen molar-refractivity contribution in [3.63, 3.8) is 0 Å². The van der Waals surface area contributed by atoms with E-state index in [9.17, 15) is 4.79 Å². The van der Waals surface area contributed by atoms with E-state index < -0.39 is 0 Å². The SMILES string of the molecule is CC(C)[C@H](Nc1ncnc2ccccc12)C(=O)NCc1cnc2c(c1)CCC2. The van der Waals surface area contributed by atoms with Crippen molar-refractivity contribution >= 4 is 22.6 Å². The van der Waals surface area contributed by atoms with Crippen LogP contribution in [0.25, 0.3) is 10.9 Å². The summed E-state index contributed by atoms with van der Waals surface area (Å²) >= 11 is 0. The number of para-hydroxylation sites is 1. The summed E-state index contributed by atoms with van der Waals surface area (Å²) in [5.41, 5.74) is 4.42. The molecule has 1 amide bonds. The molecule has 0 aliphatic heterocycles. The summed E-state index contributed by atoms with van der Waals surface area (Å²) in [5, 5.41) is 7.28. The Balaban J connectivity index is 1.47. The molecule has 1 aromatic carbocycles. The minimum Gasteiger partial charge on any atom is -0.358 e. The van der Waals surface area contributed by atoms with Gasteiger partial charge in [-0.05, 0) is 48.4 Å². The van der Waals surface area contributed by atoms with Crippen molar-refractivity contribution in [3.05, 3.63) is 59.7 Å². The first-order valence-electron chi connectivity index (χ1n) is 9.82. The Morgan fingerprint density at radius 2 is 2.00 bits per heavy atom. The lowest BCUT2D eigenvalue weighted by Gasteiger charge is -2.23. The molecule has 0 saturated heterocycles. The fraction of sp³-hybridized carbons (Fsp3) is 0.364. The lowest BCUT2D eigenvalue weighted by molar-refractivity contribution is -0.122. The number of pyridine rings is 1. The first-order chi connectivity index (χ1) is 13.6. The molecule has 0 spiro atoms. The van der Waals surface area contributed by atoms with E-state index in [1.165, 1.54) is 24.0 Å². The number of anilines is 1. The highest BCUT2D eigenvalue weighted by molar-refractivity contribution is 5.92. The highest BCUT2D eigenvalue weighted by atomic mass is 16.2. The van der Waals surface area contributed by atoms with Gasteiger partial charge in [0.25, 0.3) is 0 Å². The highest BCUT2D eigenvalue weighted by Gasteiger charge is 2.23. The minimum absolute atomic E-state index is 0.0433. The van der Waals surface area contributed by atoms with E-state index in [1.807, 2.05) is 44.3 Å². The van der Waals surface area contributed by atoms with Gasteiger partial charge in [0.15, 0.2) is 0 Å². The molecule has 3 aromatic rings. The van der Waals surface area contributed by atoms with E-state index in [0.717, 1.165) is 29.3 Å². The number of fused-ring (bicyclic) bond motifs is 2. The van der Waals surface area contributed by atoms with Gasteiger partial charge < -0.3 is 10.6 Å². The number of hydrogen-bond donors (Lipinski definition) is 2. The Bertz CT molecular complexity index is 996. The van der Waals surface area contributed by atoms with Gasteiger partial charge in [-0.1, -0.05) is 32.0 Å². The zero-order chi connectivity index (χ0) is 19.5. The van der Waals surface area contributed by atoms with Gasteiger partial charge in [-0.15, -0.1) is 0 Å². The van der Waals surface area contributed by atoms with E-state index in [0.29, 0.717) is 12.4 Å². The highest BCUT2D eigenvalue weighted by Crippen LogP contribution is 2.22. The second-order valence-corrected chi connectivity index (χ2v) is 7.63. The van der Waals surface area contributed by atoms with Crippen molar-refractivity contribution < 1.29 is 4.79 Å². The van der Waals surface area contributed by atoms with Crippen LogP contribution in [-0.2, 0) is 24.2 Å². The van der Waals surface area contributed by atoms with Crippen LogP contribution in [0.3, 0.4) is 0 Å². The standard InChI is InChI=1S/C22H25N5O/c1-14(2)20(27-21-17-7-3-4-8-19(17)25-13-26-21)22(28)24-12-15-10-16-6-5-9-18(16)23-11-15/h3-4,7-8,10-11,13-14,20H,5-6,9,12H2,1-2H3,(H,24,28)(H,25,26,27)/t20-/m0/s1. The molecule has 2 aromatic heterocycles. The zero-order valence-electron chi connectivity index (χ0n) is 16.3. The Morgan fingerprint density at radius 1 is 1.14 bits per heavy atom. The number of rotatable bonds is 6. The summed E-state index contributed by atoms with van der Waals surface area (Å²) in [6, 6.07) is 9.57. The van der Waals surface area contributed by atoms with E-state index in [2.05, 4.69) is 31.7 Å². The van der Waals surface area contributed by atoms with Crippen LogP contribution in [0.1, 0.15) is 37.1 Å². The van der Waals surface area contributed by atoms with Gasteiger partial charge in [0.05, 0.1) is 5.52 Å². The van der Waals surface area contributed by atoms with Gasteiger partial charge in [-0.25, -0.2) is 9.97 Å². The van der Waals surface area contributed by atoms with E-state index in [1.54, 1.807) is 0 Å². The normalized spacial score (nSPS) is 14.1. The molecule has 4 rings (SSSR count). The predicted molar refractivity (Wildman–Crippen MR) is 110 cm³/mol. The number of amides is 1. The molecule has 0 saturated carbocycles. The summed E-state index contributed by atoms with van der Waals surface area (Å²) in [6.07, 6.45) is 6.72. The second-order valence-electron chi connectivity index (χ2n) is 7.63. The van der Waals surface area contributed by atoms with Gasteiger partial charge in [-0.3, -0.25) is 9.78 Å². The summed E-state index contributed by atoms with van der Waals surface area (Å²) in [5.74, 6) is 0.740. The molecule has 2 N–H and O–H groups in total. The van der Waals surface area contributed by atoms with Crippen LogP contribution in [-0.4, -0.2) is 26.9 Å². The van der Waals surface area contributed by atoms with Crippen LogP contribution >= 0.6 is 0 Å². The molecule has 6 nitrogen and oxygen atoms in total. The Hall–Kier alpha value is -3.02. The average Bonchev–Trinajstić information content (AvgIpc) is 3.18. The van der Waals surface area contributed by atoms with Crippen molar-refractivity contribution in [2.24, 2.45) is 5.92 Å². The molecule has 0 bridgehead atoms. The first-order valence-corrected chi connectivity index (χ1v) is 9.82. The lowest BCUT2D eigenvalue weighted by Crippen LogP contribution is -2.43. The number of carbonyl (C=O) groups is 1. The predicted octanol–water partition coefficient (Wildman–Crippen LogP) is 3.27. The van der Waals surface area contributed by atoms with Crippen LogP contribution in [0.4, 0.5) is 5.82 Å². The molecule has 28 heavy (non-hydrogen) atoms. The number of carbonyl (C=O) groups excluding carboxylic acids is 1.